The van der Waals surface area contributed by atoms with Crippen molar-refractivity contribution in [1.82, 2.24) is 0 Å². The van der Waals surface area contributed by atoms with Crippen LogP contribution in [0.5, 0.6) is 5.75 Å². The van der Waals surface area contributed by atoms with Crippen molar-refractivity contribution in [3.05, 3.63) is 23.8 Å². The van der Waals surface area contributed by atoms with Gasteiger partial charge < -0.3 is 19.5 Å². The van der Waals surface area contributed by atoms with Crippen LogP contribution in [0.15, 0.2) is 18.2 Å². The van der Waals surface area contributed by atoms with Crippen LogP contribution in [0.3, 0.4) is 0 Å². The molecule has 5 heteroatoms. The molecule has 2 heterocycles. The number of anilines is 1. The van der Waals surface area contributed by atoms with E-state index in [0.29, 0.717) is 13.0 Å². The molecule has 0 atom stereocenters. The molecule has 1 N–H and O–H groups in total. The number of ether oxygens (including phenoxy) is 3. The van der Waals surface area contributed by atoms with Gasteiger partial charge in [-0.3, -0.25) is 4.79 Å². The van der Waals surface area contributed by atoms with E-state index < -0.39 is 0 Å². The number of fused-ring (bicyclic) bond motifs is 1. The van der Waals surface area contributed by atoms with Crippen molar-refractivity contribution in [2.75, 3.05) is 25.1 Å². The predicted octanol–water partition coefficient (Wildman–Crippen LogP) is 2.10. The van der Waals surface area contributed by atoms with E-state index in [1.165, 1.54) is 0 Å². The maximum atomic E-state index is 11.3. The zero-order valence-electron chi connectivity index (χ0n) is 11.4. The molecule has 2 aliphatic heterocycles. The lowest BCUT2D eigenvalue weighted by atomic mass is 10.0. The van der Waals surface area contributed by atoms with Gasteiger partial charge in [0.1, 0.15) is 5.75 Å². The van der Waals surface area contributed by atoms with Gasteiger partial charge in [0.05, 0.1) is 19.8 Å². The largest absolute Gasteiger partial charge is 0.493 e. The number of amides is 1. The zero-order chi connectivity index (χ0) is 13.8. The van der Waals surface area contributed by atoms with Gasteiger partial charge >= 0.3 is 0 Å². The van der Waals surface area contributed by atoms with Crippen molar-refractivity contribution in [1.29, 1.82) is 0 Å². The first-order chi connectivity index (χ1) is 9.81. The minimum atomic E-state index is -0.138. The predicted molar refractivity (Wildman–Crippen MR) is 73.8 cm³/mol. The van der Waals surface area contributed by atoms with E-state index >= 15 is 0 Å². The van der Waals surface area contributed by atoms with Crippen LogP contribution in [0.4, 0.5) is 5.69 Å². The van der Waals surface area contributed by atoms with E-state index in [2.05, 4.69) is 5.32 Å². The summed E-state index contributed by atoms with van der Waals surface area (Å²) >= 11 is 0. The van der Waals surface area contributed by atoms with Crippen molar-refractivity contribution < 1.29 is 19.0 Å². The lowest BCUT2D eigenvalue weighted by molar-refractivity contribution is -0.183. The molecule has 20 heavy (non-hydrogen) atoms. The highest BCUT2D eigenvalue weighted by Gasteiger charge is 2.16. The zero-order valence-corrected chi connectivity index (χ0v) is 11.4. The third-order valence-electron chi connectivity index (χ3n) is 3.49. The average molecular weight is 277 g/mol. The maximum Gasteiger partial charge on any atom is 0.224 e. The number of benzene rings is 1. The van der Waals surface area contributed by atoms with Gasteiger partial charge in [0.15, 0.2) is 6.29 Å². The van der Waals surface area contributed by atoms with Crippen LogP contribution in [-0.4, -0.2) is 32.0 Å². The first-order valence-electron chi connectivity index (χ1n) is 7.10. The van der Waals surface area contributed by atoms with Crippen LogP contribution in [0.2, 0.25) is 0 Å². The van der Waals surface area contributed by atoms with Crippen molar-refractivity contribution in [2.45, 2.75) is 32.0 Å². The van der Waals surface area contributed by atoms with Gasteiger partial charge in [-0.2, -0.15) is 0 Å². The second-order valence-electron chi connectivity index (χ2n) is 5.03. The van der Waals surface area contributed by atoms with Gasteiger partial charge in [-0.25, -0.2) is 0 Å². The van der Waals surface area contributed by atoms with Crippen LogP contribution >= 0.6 is 0 Å². The molecule has 0 aliphatic carbocycles. The minimum absolute atomic E-state index is 0.0813. The molecule has 2 aliphatic rings. The SMILES string of the molecule is O=C1CCc2cc(OCCC3OCCCO3)ccc2N1. The summed E-state index contributed by atoms with van der Waals surface area (Å²) in [6.45, 7) is 2.10. The second-order valence-corrected chi connectivity index (χ2v) is 5.03. The minimum Gasteiger partial charge on any atom is -0.493 e. The number of nitrogens with one attached hydrogen (secondary N) is 1. The number of hydrogen-bond donors (Lipinski definition) is 1. The fraction of sp³-hybridized carbons (Fsp3) is 0.533. The van der Waals surface area contributed by atoms with Gasteiger partial charge in [0.2, 0.25) is 5.91 Å². The quantitative estimate of drug-likeness (QED) is 0.915. The Hall–Kier alpha value is -1.59. The fourth-order valence-corrected chi connectivity index (χ4v) is 2.43. The Morgan fingerprint density at radius 2 is 2.10 bits per heavy atom. The summed E-state index contributed by atoms with van der Waals surface area (Å²) in [5.74, 6) is 0.911. The highest BCUT2D eigenvalue weighted by molar-refractivity contribution is 5.93. The van der Waals surface area contributed by atoms with Crippen LogP contribution in [-0.2, 0) is 20.7 Å². The Morgan fingerprint density at radius 1 is 1.25 bits per heavy atom. The molecule has 1 aromatic rings. The van der Waals surface area contributed by atoms with E-state index in [0.717, 1.165) is 49.5 Å². The highest BCUT2D eigenvalue weighted by Crippen LogP contribution is 2.27. The Balaban J connectivity index is 1.51. The number of carbonyl (C=O) groups is 1. The normalized spacial score (nSPS) is 19.3. The third-order valence-corrected chi connectivity index (χ3v) is 3.49. The first kappa shape index (κ1) is 13.4. The number of aryl methyl sites for hydroxylation is 1. The summed E-state index contributed by atoms with van der Waals surface area (Å²) in [7, 11) is 0. The number of carbonyl (C=O) groups excluding carboxylic acids is 1. The molecule has 1 saturated heterocycles. The summed E-state index contributed by atoms with van der Waals surface area (Å²) in [4.78, 5) is 11.3. The van der Waals surface area contributed by atoms with Gasteiger partial charge in [0.25, 0.3) is 0 Å². The first-order valence-corrected chi connectivity index (χ1v) is 7.10. The lowest BCUT2D eigenvalue weighted by Gasteiger charge is -2.23. The van der Waals surface area contributed by atoms with E-state index in [4.69, 9.17) is 14.2 Å². The van der Waals surface area contributed by atoms with Crippen LogP contribution in [0.1, 0.15) is 24.8 Å². The summed E-state index contributed by atoms with van der Waals surface area (Å²) in [6.07, 6.45) is 2.87. The number of rotatable bonds is 4. The standard InChI is InChI=1S/C15H19NO4/c17-14-5-2-11-10-12(3-4-13(11)16-14)18-9-6-15-19-7-1-8-20-15/h3-4,10,15H,1-2,5-9H2,(H,16,17). The molecule has 5 nitrogen and oxygen atoms in total. The molecule has 0 radical (unpaired) electrons. The fourth-order valence-electron chi connectivity index (χ4n) is 2.43. The maximum absolute atomic E-state index is 11.3. The molecular weight excluding hydrogens is 258 g/mol. The summed E-state index contributed by atoms with van der Waals surface area (Å²) < 4.78 is 16.7. The molecule has 0 bridgehead atoms. The molecule has 0 unspecified atom stereocenters. The average Bonchev–Trinajstić information content (AvgIpc) is 2.48. The smallest absolute Gasteiger partial charge is 0.224 e. The Morgan fingerprint density at radius 3 is 2.95 bits per heavy atom. The van der Waals surface area contributed by atoms with E-state index in [9.17, 15) is 4.79 Å². The summed E-state index contributed by atoms with van der Waals surface area (Å²) in [5, 5.41) is 2.86. The molecular formula is C15H19NO4. The summed E-state index contributed by atoms with van der Waals surface area (Å²) in [6, 6.07) is 5.78. The lowest BCUT2D eigenvalue weighted by Crippen LogP contribution is -2.26. The monoisotopic (exact) mass is 277 g/mol. The van der Waals surface area contributed by atoms with Crippen molar-refractivity contribution in [3.63, 3.8) is 0 Å². The van der Waals surface area contributed by atoms with E-state index in [1.54, 1.807) is 0 Å². The van der Waals surface area contributed by atoms with Crippen LogP contribution in [0, 0.1) is 0 Å². The van der Waals surface area contributed by atoms with Gasteiger partial charge in [-0.05, 0) is 36.6 Å². The Labute approximate surface area is 118 Å². The van der Waals surface area contributed by atoms with Crippen LogP contribution in [0.25, 0.3) is 0 Å². The molecule has 1 aromatic carbocycles. The molecule has 108 valence electrons. The molecule has 1 fully saturated rings. The number of hydrogen-bond acceptors (Lipinski definition) is 4. The van der Waals surface area contributed by atoms with Gasteiger partial charge in [-0.15, -0.1) is 0 Å². The molecule has 0 spiro atoms. The van der Waals surface area contributed by atoms with Crippen molar-refractivity contribution in [2.24, 2.45) is 0 Å². The van der Waals surface area contributed by atoms with Gasteiger partial charge in [-0.1, -0.05) is 0 Å². The highest BCUT2D eigenvalue weighted by atomic mass is 16.7. The molecule has 3 rings (SSSR count). The molecule has 1 amide bonds. The van der Waals surface area contributed by atoms with Crippen molar-refractivity contribution >= 4 is 11.6 Å². The Bertz CT molecular complexity index is 483. The summed E-state index contributed by atoms with van der Waals surface area (Å²) in [5.41, 5.74) is 2.03. The van der Waals surface area contributed by atoms with Crippen molar-refractivity contribution in [3.8, 4) is 5.75 Å². The van der Waals surface area contributed by atoms with E-state index in [-0.39, 0.29) is 12.2 Å². The molecule has 0 saturated carbocycles. The third kappa shape index (κ3) is 3.29. The van der Waals surface area contributed by atoms with Crippen LogP contribution < -0.4 is 10.1 Å². The topological polar surface area (TPSA) is 56.8 Å². The second kappa shape index (κ2) is 6.24. The van der Waals surface area contributed by atoms with E-state index in [1.807, 2.05) is 18.2 Å². The Kier molecular flexibility index (Phi) is 4.18. The molecule has 0 aromatic heterocycles. The van der Waals surface area contributed by atoms with Gasteiger partial charge in [0, 0.05) is 18.5 Å².